The summed E-state index contributed by atoms with van der Waals surface area (Å²) in [7, 11) is 4.34. The molecule has 3 nitrogen and oxygen atoms in total. The minimum atomic E-state index is 0.220. The van der Waals surface area contributed by atoms with E-state index in [0.717, 1.165) is 18.8 Å². The van der Waals surface area contributed by atoms with Gasteiger partial charge < -0.3 is 4.90 Å². The third-order valence-corrected chi connectivity index (χ3v) is 4.23. The second-order valence-corrected chi connectivity index (χ2v) is 5.10. The summed E-state index contributed by atoms with van der Waals surface area (Å²) < 4.78 is 0. The molecule has 1 unspecified atom stereocenters. The number of nitrogens with two attached hydrogens (primary N) is 1. The van der Waals surface area contributed by atoms with Crippen molar-refractivity contribution in [3.8, 4) is 0 Å². The van der Waals surface area contributed by atoms with Crippen LogP contribution in [0, 0.1) is 5.92 Å². The van der Waals surface area contributed by atoms with Crippen LogP contribution in [0.2, 0.25) is 0 Å². The van der Waals surface area contributed by atoms with Crippen molar-refractivity contribution in [2.24, 2.45) is 11.8 Å². The molecule has 0 aliphatic heterocycles. The van der Waals surface area contributed by atoms with Gasteiger partial charge in [0, 0.05) is 11.6 Å². The number of rotatable bonds is 7. The van der Waals surface area contributed by atoms with Crippen LogP contribution in [0.25, 0.3) is 0 Å². The minimum Gasteiger partial charge on any atom is -0.302 e. The lowest BCUT2D eigenvalue weighted by Gasteiger charge is -2.45. The van der Waals surface area contributed by atoms with Crippen molar-refractivity contribution in [2.75, 3.05) is 14.1 Å². The molecule has 1 aliphatic carbocycles. The Morgan fingerprint density at radius 2 is 1.87 bits per heavy atom. The Balaban J connectivity index is 2.72. The summed E-state index contributed by atoms with van der Waals surface area (Å²) in [4.78, 5) is 2.35. The summed E-state index contributed by atoms with van der Waals surface area (Å²) >= 11 is 0. The summed E-state index contributed by atoms with van der Waals surface area (Å²) in [6, 6.07) is 0.426. The Morgan fingerprint density at radius 1 is 1.33 bits per heavy atom. The average molecular weight is 213 g/mol. The first-order valence-corrected chi connectivity index (χ1v) is 6.24. The van der Waals surface area contributed by atoms with Gasteiger partial charge in [0.1, 0.15) is 0 Å². The quantitative estimate of drug-likeness (QED) is 0.500. The number of likely N-dealkylation sites (N-methyl/N-ethyl adjacent to an activating group) is 1. The zero-order valence-corrected chi connectivity index (χ0v) is 10.7. The molecule has 1 fully saturated rings. The zero-order valence-electron chi connectivity index (χ0n) is 10.7. The molecule has 0 aromatic carbocycles. The van der Waals surface area contributed by atoms with Gasteiger partial charge in [0.15, 0.2) is 0 Å². The third-order valence-electron chi connectivity index (χ3n) is 4.23. The molecule has 0 amide bonds. The first-order valence-electron chi connectivity index (χ1n) is 6.24. The van der Waals surface area contributed by atoms with E-state index in [9.17, 15) is 0 Å². The molecular weight excluding hydrogens is 186 g/mol. The Morgan fingerprint density at radius 3 is 2.13 bits per heavy atom. The summed E-state index contributed by atoms with van der Waals surface area (Å²) in [6.07, 6.45) is 6.33. The van der Waals surface area contributed by atoms with Crippen molar-refractivity contribution in [3.63, 3.8) is 0 Å². The standard InChI is InChI=1S/C12H27N3/c1-5-12(6-2,15(3)4)11(14-13)9-10-7-8-10/h10-11,14H,5-9,13H2,1-4H3. The van der Waals surface area contributed by atoms with Gasteiger partial charge in [0.25, 0.3) is 0 Å². The van der Waals surface area contributed by atoms with Crippen LogP contribution in [0.4, 0.5) is 0 Å². The monoisotopic (exact) mass is 213 g/mol. The maximum absolute atomic E-state index is 5.75. The second-order valence-electron chi connectivity index (χ2n) is 5.10. The molecule has 15 heavy (non-hydrogen) atoms. The Kier molecular flexibility index (Phi) is 4.56. The van der Waals surface area contributed by atoms with Gasteiger partial charge in [-0.15, -0.1) is 0 Å². The van der Waals surface area contributed by atoms with Crippen LogP contribution in [0.15, 0.2) is 0 Å². The van der Waals surface area contributed by atoms with Crippen molar-refractivity contribution in [1.82, 2.24) is 10.3 Å². The van der Waals surface area contributed by atoms with Gasteiger partial charge >= 0.3 is 0 Å². The van der Waals surface area contributed by atoms with E-state index >= 15 is 0 Å². The van der Waals surface area contributed by atoms with E-state index in [4.69, 9.17) is 5.84 Å². The van der Waals surface area contributed by atoms with Crippen LogP contribution in [0.5, 0.6) is 0 Å². The normalized spacial score (nSPS) is 19.6. The minimum absolute atomic E-state index is 0.220. The molecule has 3 heteroatoms. The molecule has 0 heterocycles. The largest absolute Gasteiger partial charge is 0.302 e. The van der Waals surface area contributed by atoms with Crippen LogP contribution in [0.1, 0.15) is 46.0 Å². The molecular formula is C12H27N3. The predicted octanol–water partition coefficient (Wildman–Crippen LogP) is 1.74. The fourth-order valence-corrected chi connectivity index (χ4v) is 2.82. The fourth-order valence-electron chi connectivity index (χ4n) is 2.82. The molecule has 3 N–H and O–H groups in total. The van der Waals surface area contributed by atoms with E-state index in [0.29, 0.717) is 6.04 Å². The molecule has 0 bridgehead atoms. The van der Waals surface area contributed by atoms with E-state index in [2.05, 4.69) is 38.3 Å². The molecule has 0 aromatic rings. The molecule has 1 atom stereocenters. The van der Waals surface area contributed by atoms with Crippen molar-refractivity contribution in [1.29, 1.82) is 0 Å². The molecule has 0 radical (unpaired) electrons. The topological polar surface area (TPSA) is 41.3 Å². The number of hydrogen-bond acceptors (Lipinski definition) is 3. The maximum atomic E-state index is 5.75. The number of hydrazine groups is 1. The van der Waals surface area contributed by atoms with Crippen molar-refractivity contribution >= 4 is 0 Å². The number of hydrogen-bond donors (Lipinski definition) is 2. The highest BCUT2D eigenvalue weighted by Crippen LogP contribution is 2.38. The van der Waals surface area contributed by atoms with Crippen LogP contribution in [-0.4, -0.2) is 30.6 Å². The Hall–Kier alpha value is -0.120. The lowest BCUT2D eigenvalue weighted by molar-refractivity contribution is 0.0815. The van der Waals surface area contributed by atoms with Crippen LogP contribution in [-0.2, 0) is 0 Å². The first kappa shape index (κ1) is 12.9. The summed E-state index contributed by atoms with van der Waals surface area (Å²) in [5.41, 5.74) is 3.28. The van der Waals surface area contributed by atoms with Crippen molar-refractivity contribution in [3.05, 3.63) is 0 Å². The van der Waals surface area contributed by atoms with Gasteiger partial charge in [-0.2, -0.15) is 0 Å². The fraction of sp³-hybridized carbons (Fsp3) is 1.00. The van der Waals surface area contributed by atoms with Crippen molar-refractivity contribution in [2.45, 2.75) is 57.5 Å². The van der Waals surface area contributed by atoms with Gasteiger partial charge in [-0.1, -0.05) is 26.7 Å². The molecule has 1 saturated carbocycles. The Bertz CT molecular complexity index is 183. The Labute approximate surface area is 94.4 Å². The zero-order chi connectivity index (χ0) is 11.5. The van der Waals surface area contributed by atoms with Crippen LogP contribution in [0.3, 0.4) is 0 Å². The van der Waals surface area contributed by atoms with Gasteiger partial charge in [-0.3, -0.25) is 11.3 Å². The van der Waals surface area contributed by atoms with Gasteiger partial charge in [0.2, 0.25) is 0 Å². The highest BCUT2D eigenvalue weighted by molar-refractivity contribution is 4.98. The highest BCUT2D eigenvalue weighted by atomic mass is 15.3. The van der Waals surface area contributed by atoms with Gasteiger partial charge in [-0.05, 0) is 39.3 Å². The first-order chi connectivity index (χ1) is 7.10. The SMILES string of the molecule is CCC(CC)(C(CC1CC1)NN)N(C)C. The average Bonchev–Trinajstić information content (AvgIpc) is 3.02. The molecule has 0 aromatic heterocycles. The van der Waals surface area contributed by atoms with E-state index in [1.54, 1.807) is 0 Å². The summed E-state index contributed by atoms with van der Waals surface area (Å²) in [5.74, 6) is 6.67. The molecule has 0 saturated heterocycles. The summed E-state index contributed by atoms with van der Waals surface area (Å²) in [6.45, 7) is 4.53. The van der Waals surface area contributed by atoms with E-state index < -0.39 is 0 Å². The van der Waals surface area contributed by atoms with E-state index in [1.165, 1.54) is 19.3 Å². The van der Waals surface area contributed by atoms with Crippen molar-refractivity contribution < 1.29 is 0 Å². The summed E-state index contributed by atoms with van der Waals surface area (Å²) in [5, 5.41) is 0. The van der Waals surface area contributed by atoms with E-state index in [-0.39, 0.29) is 5.54 Å². The molecule has 0 spiro atoms. The van der Waals surface area contributed by atoms with Gasteiger partial charge in [0.05, 0.1) is 0 Å². The lowest BCUT2D eigenvalue weighted by atomic mass is 9.81. The third kappa shape index (κ3) is 2.71. The predicted molar refractivity (Wildman–Crippen MR) is 65.5 cm³/mol. The van der Waals surface area contributed by atoms with E-state index in [1.807, 2.05) is 0 Å². The van der Waals surface area contributed by atoms with Crippen LogP contribution < -0.4 is 11.3 Å². The molecule has 1 rings (SSSR count). The van der Waals surface area contributed by atoms with Gasteiger partial charge in [-0.25, -0.2) is 0 Å². The highest BCUT2D eigenvalue weighted by Gasteiger charge is 2.40. The van der Waals surface area contributed by atoms with Crippen LogP contribution >= 0.6 is 0 Å². The second kappa shape index (κ2) is 5.28. The lowest BCUT2D eigenvalue weighted by Crippen LogP contribution is -2.60. The number of nitrogens with zero attached hydrogens (tertiary/aromatic N) is 1. The smallest absolute Gasteiger partial charge is 0.0396 e. The molecule has 90 valence electrons. The maximum Gasteiger partial charge on any atom is 0.0396 e. The molecule has 1 aliphatic rings. The number of nitrogens with one attached hydrogen (secondary N) is 1.